The van der Waals surface area contributed by atoms with Gasteiger partial charge in [-0.25, -0.2) is 8.51 Å². The van der Waals surface area contributed by atoms with Gasteiger partial charge in [0.25, 0.3) is 0 Å². The molecule has 0 bridgehead atoms. The van der Waals surface area contributed by atoms with Crippen molar-refractivity contribution in [3.05, 3.63) is 24.3 Å². The van der Waals surface area contributed by atoms with Crippen LogP contribution in [0.25, 0.3) is 0 Å². The van der Waals surface area contributed by atoms with Crippen LogP contribution in [0.15, 0.2) is 24.3 Å². The lowest BCUT2D eigenvalue weighted by Gasteiger charge is -2.20. The normalized spacial score (nSPS) is 35.8. The van der Waals surface area contributed by atoms with Crippen molar-refractivity contribution in [3.8, 4) is 0 Å². The van der Waals surface area contributed by atoms with Crippen LogP contribution in [-0.4, -0.2) is 27.4 Å². The van der Waals surface area contributed by atoms with E-state index in [1.54, 1.807) is 0 Å². The molecule has 0 N–H and O–H groups in total. The highest BCUT2D eigenvalue weighted by atomic mass is 32.2. The summed E-state index contributed by atoms with van der Waals surface area (Å²) >= 11 is 0. The van der Waals surface area contributed by atoms with E-state index in [9.17, 15) is 4.21 Å². The Kier molecular flexibility index (Phi) is 4.39. The van der Waals surface area contributed by atoms with Crippen molar-refractivity contribution in [1.29, 1.82) is 0 Å². The molecule has 0 saturated heterocycles. The van der Waals surface area contributed by atoms with Gasteiger partial charge in [-0.15, -0.1) is 0 Å². The second kappa shape index (κ2) is 5.35. The fraction of sp³-hybridized carbons (Fsp3) is 0.600. The lowest BCUT2D eigenvalue weighted by molar-refractivity contribution is 0.426. The summed E-state index contributed by atoms with van der Waals surface area (Å²) < 4.78 is 13.7. The SMILES string of the molecule is CCN1CC(C)/C=C\C=C/CS1=O. The predicted octanol–water partition coefficient (Wildman–Crippen LogP) is 1.73. The maximum atomic E-state index is 11.7. The summed E-state index contributed by atoms with van der Waals surface area (Å²) in [5, 5.41) is 0. The van der Waals surface area contributed by atoms with Gasteiger partial charge in [-0.2, -0.15) is 0 Å². The van der Waals surface area contributed by atoms with Gasteiger partial charge in [0.1, 0.15) is 0 Å². The Morgan fingerprint density at radius 1 is 1.54 bits per heavy atom. The minimum Gasteiger partial charge on any atom is -0.242 e. The van der Waals surface area contributed by atoms with Gasteiger partial charge in [-0.05, 0) is 5.92 Å². The summed E-state index contributed by atoms with van der Waals surface area (Å²) in [5.74, 6) is 1.12. The van der Waals surface area contributed by atoms with Gasteiger partial charge in [0, 0.05) is 13.1 Å². The average molecular weight is 199 g/mol. The van der Waals surface area contributed by atoms with Crippen molar-refractivity contribution in [1.82, 2.24) is 4.31 Å². The van der Waals surface area contributed by atoms with Gasteiger partial charge in [-0.1, -0.05) is 38.2 Å². The number of allylic oxidation sites excluding steroid dienone is 2. The molecule has 74 valence electrons. The fourth-order valence-electron chi connectivity index (χ4n) is 1.31. The van der Waals surface area contributed by atoms with Crippen molar-refractivity contribution in [2.24, 2.45) is 5.92 Å². The Balaban J connectivity index is 2.69. The first-order valence-electron chi connectivity index (χ1n) is 4.70. The van der Waals surface area contributed by atoms with Crippen LogP contribution in [0.2, 0.25) is 0 Å². The molecule has 1 rings (SSSR count). The van der Waals surface area contributed by atoms with Crippen LogP contribution in [0.4, 0.5) is 0 Å². The Morgan fingerprint density at radius 3 is 3.00 bits per heavy atom. The van der Waals surface area contributed by atoms with Crippen molar-refractivity contribution in [2.45, 2.75) is 13.8 Å². The summed E-state index contributed by atoms with van der Waals surface area (Å²) in [4.78, 5) is 0. The van der Waals surface area contributed by atoms with E-state index in [1.165, 1.54) is 0 Å². The summed E-state index contributed by atoms with van der Waals surface area (Å²) in [7, 11) is -0.832. The highest BCUT2D eigenvalue weighted by Gasteiger charge is 2.12. The molecule has 2 atom stereocenters. The molecule has 13 heavy (non-hydrogen) atoms. The maximum Gasteiger partial charge on any atom is 0.0981 e. The molecule has 0 aromatic carbocycles. The zero-order valence-electron chi connectivity index (χ0n) is 8.27. The molecule has 2 unspecified atom stereocenters. The molecule has 0 amide bonds. The lowest BCUT2D eigenvalue weighted by Crippen LogP contribution is -2.30. The van der Waals surface area contributed by atoms with Gasteiger partial charge in [-0.3, -0.25) is 0 Å². The molecule has 1 heterocycles. The third-order valence-electron chi connectivity index (χ3n) is 2.06. The molecule has 3 heteroatoms. The van der Waals surface area contributed by atoms with E-state index in [0.29, 0.717) is 11.7 Å². The first kappa shape index (κ1) is 10.7. The van der Waals surface area contributed by atoms with Crippen LogP contribution < -0.4 is 0 Å². The smallest absolute Gasteiger partial charge is 0.0981 e. The van der Waals surface area contributed by atoms with Crippen molar-refractivity contribution in [3.63, 3.8) is 0 Å². The van der Waals surface area contributed by atoms with E-state index >= 15 is 0 Å². The molecule has 2 nitrogen and oxygen atoms in total. The zero-order chi connectivity index (χ0) is 9.68. The molecule has 0 aromatic heterocycles. The molecular weight excluding hydrogens is 182 g/mol. The summed E-state index contributed by atoms with van der Waals surface area (Å²) in [6.45, 7) is 5.95. The number of hydrogen-bond acceptors (Lipinski definition) is 1. The minimum atomic E-state index is -0.832. The standard InChI is InChI=1S/C10H17NOS/c1-3-11-9-10(2)7-5-4-6-8-13(11)12/h4-7,10H,3,8-9H2,1-2H3/b6-4-,7-5-. The van der Waals surface area contributed by atoms with Crippen molar-refractivity contribution in [2.75, 3.05) is 18.8 Å². The molecule has 0 spiro atoms. The minimum absolute atomic E-state index is 0.478. The number of rotatable bonds is 1. The Hall–Kier alpha value is -0.410. The van der Waals surface area contributed by atoms with E-state index in [4.69, 9.17) is 0 Å². The van der Waals surface area contributed by atoms with Gasteiger partial charge in [0.05, 0.1) is 16.7 Å². The maximum absolute atomic E-state index is 11.7. The largest absolute Gasteiger partial charge is 0.242 e. The zero-order valence-corrected chi connectivity index (χ0v) is 9.09. The van der Waals surface area contributed by atoms with E-state index in [2.05, 4.69) is 19.9 Å². The second-order valence-corrected chi connectivity index (χ2v) is 4.75. The van der Waals surface area contributed by atoms with Gasteiger partial charge in [0.2, 0.25) is 0 Å². The molecular formula is C10H17NOS. The summed E-state index contributed by atoms with van der Waals surface area (Å²) in [6.07, 6.45) is 8.14. The molecule has 0 radical (unpaired) electrons. The van der Waals surface area contributed by atoms with E-state index < -0.39 is 11.0 Å². The first-order valence-corrected chi connectivity index (χ1v) is 5.98. The molecule has 0 fully saturated rings. The van der Waals surface area contributed by atoms with Crippen LogP contribution in [0.5, 0.6) is 0 Å². The van der Waals surface area contributed by atoms with Crippen LogP contribution in [-0.2, 0) is 11.0 Å². The Labute approximate surface area is 82.9 Å². The van der Waals surface area contributed by atoms with Crippen LogP contribution in [0.3, 0.4) is 0 Å². The van der Waals surface area contributed by atoms with E-state index in [-0.39, 0.29) is 0 Å². The predicted molar refractivity (Wildman–Crippen MR) is 57.7 cm³/mol. The molecule has 1 aliphatic rings. The number of hydrogen-bond donors (Lipinski definition) is 0. The van der Waals surface area contributed by atoms with Crippen molar-refractivity contribution >= 4 is 11.0 Å². The highest BCUT2D eigenvalue weighted by molar-refractivity contribution is 7.82. The van der Waals surface area contributed by atoms with Crippen LogP contribution in [0.1, 0.15) is 13.8 Å². The third kappa shape index (κ3) is 3.44. The van der Waals surface area contributed by atoms with E-state index in [0.717, 1.165) is 13.1 Å². The second-order valence-electron chi connectivity index (χ2n) is 3.26. The quantitative estimate of drug-likeness (QED) is 0.630. The fourth-order valence-corrected chi connectivity index (χ4v) is 2.49. The molecule has 0 aromatic rings. The van der Waals surface area contributed by atoms with Gasteiger partial charge < -0.3 is 0 Å². The first-order chi connectivity index (χ1) is 6.24. The molecule has 0 saturated carbocycles. The van der Waals surface area contributed by atoms with Gasteiger partial charge >= 0.3 is 0 Å². The highest BCUT2D eigenvalue weighted by Crippen LogP contribution is 2.07. The average Bonchev–Trinajstić information content (AvgIpc) is 2.19. The van der Waals surface area contributed by atoms with E-state index in [1.807, 2.05) is 22.5 Å². The third-order valence-corrected chi connectivity index (χ3v) is 3.52. The Bertz CT molecular complexity index is 235. The van der Waals surface area contributed by atoms with Crippen LogP contribution >= 0.6 is 0 Å². The summed E-state index contributed by atoms with van der Waals surface area (Å²) in [6, 6.07) is 0. The summed E-state index contributed by atoms with van der Waals surface area (Å²) in [5.41, 5.74) is 0. The molecule has 1 aliphatic heterocycles. The molecule has 0 aliphatic carbocycles. The van der Waals surface area contributed by atoms with Gasteiger partial charge in [0.15, 0.2) is 0 Å². The monoisotopic (exact) mass is 199 g/mol. The lowest BCUT2D eigenvalue weighted by atomic mass is 10.1. The topological polar surface area (TPSA) is 20.3 Å². The Morgan fingerprint density at radius 2 is 2.31 bits per heavy atom. The van der Waals surface area contributed by atoms with Crippen LogP contribution in [0, 0.1) is 5.92 Å². The number of nitrogens with zero attached hydrogens (tertiary/aromatic N) is 1. The van der Waals surface area contributed by atoms with Crippen molar-refractivity contribution < 1.29 is 4.21 Å².